The molecule has 0 amide bonds. The SMILES string of the molecule is Cc1nc(C(=O)[C@]23Cc4cnn(-c5ccc(F)cc5)c4C=C2CC[C@H](N(C2CC2)S(=O)(=O)c2ncn(C)n2)C3)cs1. The second-order valence-corrected chi connectivity index (χ2v) is 13.9. The van der Waals surface area contributed by atoms with Crippen molar-refractivity contribution in [2.45, 2.75) is 62.7 Å². The summed E-state index contributed by atoms with van der Waals surface area (Å²) in [4.78, 5) is 23.0. The van der Waals surface area contributed by atoms with Gasteiger partial charge >= 0.3 is 0 Å². The van der Waals surface area contributed by atoms with Crippen molar-refractivity contribution >= 4 is 33.2 Å². The van der Waals surface area contributed by atoms with Gasteiger partial charge < -0.3 is 0 Å². The summed E-state index contributed by atoms with van der Waals surface area (Å²) in [6.45, 7) is 1.87. The van der Waals surface area contributed by atoms with E-state index in [0.29, 0.717) is 31.4 Å². The van der Waals surface area contributed by atoms with Crippen molar-refractivity contribution in [3.05, 3.63) is 75.5 Å². The van der Waals surface area contributed by atoms with Crippen LogP contribution in [0.25, 0.3) is 11.8 Å². The van der Waals surface area contributed by atoms with E-state index < -0.39 is 21.5 Å². The first-order valence-electron chi connectivity index (χ1n) is 13.6. The summed E-state index contributed by atoms with van der Waals surface area (Å²) in [5.74, 6) is -0.423. The Hall–Kier alpha value is -3.55. The molecule has 41 heavy (non-hydrogen) atoms. The Balaban J connectivity index is 1.31. The minimum Gasteiger partial charge on any atom is -0.291 e. The number of carbonyl (C=O) groups is 1. The highest BCUT2D eigenvalue weighted by Gasteiger charge is 2.54. The van der Waals surface area contributed by atoms with Crippen LogP contribution in [0.4, 0.5) is 4.39 Å². The predicted octanol–water partition coefficient (Wildman–Crippen LogP) is 4.12. The molecule has 0 saturated heterocycles. The molecule has 3 heterocycles. The van der Waals surface area contributed by atoms with Crippen molar-refractivity contribution in [1.82, 2.24) is 33.8 Å². The van der Waals surface area contributed by atoms with E-state index in [1.807, 2.05) is 13.0 Å². The smallest absolute Gasteiger partial charge is 0.282 e. The molecule has 2 atom stereocenters. The van der Waals surface area contributed by atoms with Crippen molar-refractivity contribution in [2.24, 2.45) is 12.5 Å². The van der Waals surface area contributed by atoms with E-state index in [0.717, 1.165) is 40.4 Å². The molecule has 7 rings (SSSR count). The van der Waals surface area contributed by atoms with Gasteiger partial charge in [0.15, 0.2) is 5.78 Å². The number of ketones is 1. The summed E-state index contributed by atoms with van der Waals surface area (Å²) in [6, 6.07) is 5.61. The average Bonchev–Trinajstić information content (AvgIpc) is 3.29. The molecule has 212 valence electrons. The van der Waals surface area contributed by atoms with Gasteiger partial charge in [-0.1, -0.05) is 5.57 Å². The molecule has 4 aromatic rings. The number of aryl methyl sites for hydroxylation is 2. The summed E-state index contributed by atoms with van der Waals surface area (Å²) in [5.41, 5.74) is 2.85. The van der Waals surface area contributed by atoms with Crippen LogP contribution >= 0.6 is 11.3 Å². The highest BCUT2D eigenvalue weighted by atomic mass is 32.2. The van der Waals surface area contributed by atoms with E-state index in [9.17, 15) is 17.6 Å². The Bertz CT molecular complexity index is 1800. The molecule has 2 fully saturated rings. The van der Waals surface area contributed by atoms with Gasteiger partial charge in [0.2, 0.25) is 0 Å². The van der Waals surface area contributed by atoms with E-state index in [-0.39, 0.29) is 22.8 Å². The average molecular weight is 594 g/mol. The van der Waals surface area contributed by atoms with Crippen LogP contribution in [0.5, 0.6) is 0 Å². The Morgan fingerprint density at radius 2 is 1.95 bits per heavy atom. The molecular formula is C28H28FN7O3S2. The number of carbonyl (C=O) groups excluding carboxylic acids is 1. The molecular weight excluding hydrogens is 565 g/mol. The van der Waals surface area contributed by atoms with E-state index in [2.05, 4.69) is 20.2 Å². The first kappa shape index (κ1) is 26.4. The predicted molar refractivity (Wildman–Crippen MR) is 150 cm³/mol. The van der Waals surface area contributed by atoms with Crippen molar-refractivity contribution < 1.29 is 17.6 Å². The van der Waals surface area contributed by atoms with Crippen LogP contribution in [0, 0.1) is 18.2 Å². The summed E-state index contributed by atoms with van der Waals surface area (Å²) in [7, 11) is -2.33. The van der Waals surface area contributed by atoms with Gasteiger partial charge in [-0.3, -0.25) is 9.48 Å². The molecule has 3 aliphatic carbocycles. The molecule has 3 aromatic heterocycles. The number of thiazole rings is 1. The van der Waals surface area contributed by atoms with Gasteiger partial charge in [-0.15, -0.1) is 16.4 Å². The zero-order valence-corrected chi connectivity index (χ0v) is 24.2. The van der Waals surface area contributed by atoms with Gasteiger partial charge in [-0.25, -0.2) is 27.5 Å². The summed E-state index contributed by atoms with van der Waals surface area (Å²) >= 11 is 1.42. The summed E-state index contributed by atoms with van der Waals surface area (Å²) < 4.78 is 46.0. The maximum absolute atomic E-state index is 14.4. The molecule has 10 nitrogen and oxygen atoms in total. The monoisotopic (exact) mass is 593 g/mol. The van der Waals surface area contributed by atoms with E-state index >= 15 is 0 Å². The molecule has 0 radical (unpaired) electrons. The second kappa shape index (κ2) is 9.50. The molecule has 0 unspecified atom stereocenters. The third kappa shape index (κ3) is 4.37. The standard InChI is InChI=1S/C28H28FN7O3S2/c1-17-32-24(15-40-17)26(37)28-12-18-14-31-35(21-7-4-20(29)5-8-21)25(18)11-19(28)3-6-23(13-28)36(22-9-10-22)41(38,39)27-30-16-34(2)33-27/h4-5,7-8,11,14-16,22-23H,3,6,9-10,12-13H2,1-2H3/t23-,28-/m0/s1. The molecule has 0 aliphatic heterocycles. The van der Waals surface area contributed by atoms with Crippen molar-refractivity contribution in [3.8, 4) is 5.69 Å². The van der Waals surface area contributed by atoms with Crippen LogP contribution in [0.15, 0.2) is 52.9 Å². The van der Waals surface area contributed by atoms with Gasteiger partial charge in [0, 0.05) is 24.5 Å². The molecule has 0 bridgehead atoms. The molecule has 0 N–H and O–H groups in total. The molecule has 13 heteroatoms. The zero-order valence-electron chi connectivity index (χ0n) is 22.6. The number of aromatic nitrogens is 6. The summed E-state index contributed by atoms with van der Waals surface area (Å²) in [6.07, 6.45) is 8.53. The van der Waals surface area contributed by atoms with Crippen LogP contribution in [0.1, 0.15) is 58.9 Å². The third-order valence-corrected chi connectivity index (χ3v) is 10.9. The Kier molecular flexibility index (Phi) is 6.10. The number of halogens is 1. The number of benzene rings is 1. The lowest BCUT2D eigenvalue weighted by atomic mass is 9.60. The number of sulfonamides is 1. The lowest BCUT2D eigenvalue weighted by Gasteiger charge is -2.46. The fraction of sp³-hybridized carbons (Fsp3) is 0.393. The Morgan fingerprint density at radius 1 is 1.17 bits per heavy atom. The topological polar surface area (TPSA) is 116 Å². The van der Waals surface area contributed by atoms with Crippen LogP contribution < -0.4 is 0 Å². The number of hydrogen-bond acceptors (Lipinski definition) is 8. The molecule has 3 aliphatic rings. The van der Waals surface area contributed by atoms with E-state index in [1.165, 1.54) is 34.5 Å². The fourth-order valence-electron chi connectivity index (χ4n) is 6.35. The van der Waals surface area contributed by atoms with Crippen molar-refractivity contribution in [3.63, 3.8) is 0 Å². The maximum Gasteiger partial charge on any atom is 0.282 e. The normalized spacial score (nSPS) is 22.3. The number of nitrogens with zero attached hydrogens (tertiary/aromatic N) is 7. The highest BCUT2D eigenvalue weighted by molar-refractivity contribution is 7.89. The minimum atomic E-state index is -3.96. The largest absolute Gasteiger partial charge is 0.291 e. The first-order chi connectivity index (χ1) is 19.7. The number of fused-ring (bicyclic) bond motifs is 2. The fourth-order valence-corrected chi connectivity index (χ4v) is 8.72. The quantitative estimate of drug-likeness (QED) is 0.296. The van der Waals surface area contributed by atoms with Crippen molar-refractivity contribution in [2.75, 3.05) is 0 Å². The number of Topliss-reactive ketones (excluding diaryl/α,β-unsaturated/α-hetero) is 1. The third-order valence-electron chi connectivity index (χ3n) is 8.35. The van der Waals surface area contributed by atoms with E-state index in [1.54, 1.807) is 39.7 Å². The zero-order chi connectivity index (χ0) is 28.5. The first-order valence-corrected chi connectivity index (χ1v) is 15.9. The van der Waals surface area contributed by atoms with Gasteiger partial charge in [0.05, 0.1) is 28.0 Å². The van der Waals surface area contributed by atoms with Gasteiger partial charge in [0.25, 0.3) is 15.2 Å². The molecule has 0 spiro atoms. The van der Waals surface area contributed by atoms with Gasteiger partial charge in [-0.2, -0.15) is 9.40 Å². The lowest BCUT2D eigenvalue weighted by molar-refractivity contribution is 0.0734. The van der Waals surface area contributed by atoms with Gasteiger partial charge in [-0.05, 0) is 81.4 Å². The van der Waals surface area contributed by atoms with Crippen LogP contribution in [-0.4, -0.2) is 60.1 Å². The highest BCUT2D eigenvalue weighted by Crippen LogP contribution is 2.52. The number of hydrogen-bond donors (Lipinski definition) is 0. The van der Waals surface area contributed by atoms with Crippen LogP contribution in [-0.2, 0) is 23.5 Å². The van der Waals surface area contributed by atoms with Gasteiger partial charge in [0.1, 0.15) is 17.8 Å². The van der Waals surface area contributed by atoms with Crippen molar-refractivity contribution in [1.29, 1.82) is 0 Å². The number of allylic oxidation sites excluding steroid dienone is 1. The molecule has 1 aromatic carbocycles. The maximum atomic E-state index is 14.4. The van der Waals surface area contributed by atoms with E-state index in [4.69, 9.17) is 0 Å². The Labute approximate surface area is 240 Å². The number of rotatable bonds is 7. The Morgan fingerprint density at radius 3 is 2.61 bits per heavy atom. The second-order valence-electron chi connectivity index (χ2n) is 11.1. The minimum absolute atomic E-state index is 0.0953. The lowest BCUT2D eigenvalue weighted by Crippen LogP contribution is -2.51. The van der Waals surface area contributed by atoms with Crippen LogP contribution in [0.2, 0.25) is 0 Å². The van der Waals surface area contributed by atoms with Crippen LogP contribution in [0.3, 0.4) is 0 Å². The molecule has 2 saturated carbocycles. The summed E-state index contributed by atoms with van der Waals surface area (Å²) in [5, 5.41) is 11.1.